The number of hydrogen-bond donors (Lipinski definition) is 1. The molecule has 0 aromatic rings. The molecule has 0 unspecified atom stereocenters. The lowest BCUT2D eigenvalue weighted by molar-refractivity contribution is 0.180. The Labute approximate surface area is 94.4 Å². The average molecular weight is 208 g/mol. The maximum atomic E-state index is 3.37. The van der Waals surface area contributed by atoms with Crippen molar-refractivity contribution in [1.29, 1.82) is 0 Å². The van der Waals surface area contributed by atoms with Gasteiger partial charge in [-0.25, -0.2) is 0 Å². The third-order valence-electron chi connectivity index (χ3n) is 3.49. The topological polar surface area (TPSA) is 15.3 Å². The van der Waals surface area contributed by atoms with Crippen LogP contribution in [0.3, 0.4) is 0 Å². The van der Waals surface area contributed by atoms with Crippen LogP contribution >= 0.6 is 0 Å². The predicted octanol–water partition coefficient (Wildman–Crippen LogP) is 1.86. The molecule has 0 aromatic heterocycles. The van der Waals surface area contributed by atoms with Gasteiger partial charge in [0.05, 0.1) is 0 Å². The maximum absolute atomic E-state index is 3.37. The molecule has 0 saturated heterocycles. The first-order valence-corrected chi connectivity index (χ1v) is 6.05. The molecule has 0 heterocycles. The summed E-state index contributed by atoms with van der Waals surface area (Å²) < 4.78 is 0. The molecule has 0 aliphatic heterocycles. The Morgan fingerprint density at radius 1 is 1.27 bits per heavy atom. The van der Waals surface area contributed by atoms with Crippen LogP contribution in [0.2, 0.25) is 0 Å². The Morgan fingerprint density at radius 3 is 2.47 bits per heavy atom. The third-order valence-corrected chi connectivity index (χ3v) is 3.49. The summed E-state index contributed by atoms with van der Waals surface area (Å²) in [6.45, 7) is 3.04. The second-order valence-corrected chi connectivity index (χ2v) is 4.45. The fourth-order valence-corrected chi connectivity index (χ4v) is 2.35. The molecule has 0 atom stereocenters. The first-order valence-electron chi connectivity index (χ1n) is 6.05. The predicted molar refractivity (Wildman–Crippen MR) is 65.8 cm³/mol. The van der Waals surface area contributed by atoms with Crippen LogP contribution in [0.4, 0.5) is 0 Å². The summed E-state index contributed by atoms with van der Waals surface area (Å²) in [6, 6.07) is 1.54. The molecule has 1 fully saturated rings. The van der Waals surface area contributed by atoms with E-state index >= 15 is 0 Å². The molecule has 1 rings (SSSR count). The van der Waals surface area contributed by atoms with Gasteiger partial charge in [-0.1, -0.05) is 0 Å². The highest BCUT2D eigenvalue weighted by molar-refractivity contribution is 4.95. The van der Waals surface area contributed by atoms with Crippen LogP contribution in [0.5, 0.6) is 0 Å². The fraction of sp³-hybridized carbons (Fsp3) is 0.846. The summed E-state index contributed by atoms with van der Waals surface area (Å²) in [5.74, 6) is 6.09. The van der Waals surface area contributed by atoms with E-state index in [2.05, 4.69) is 36.2 Å². The highest BCUT2D eigenvalue weighted by Gasteiger charge is 2.22. The molecule has 1 saturated carbocycles. The molecule has 2 heteroatoms. The molecule has 2 nitrogen and oxygen atoms in total. The third kappa shape index (κ3) is 4.24. The largest absolute Gasteiger partial charge is 0.317 e. The first-order chi connectivity index (χ1) is 7.27. The Morgan fingerprint density at radius 2 is 1.93 bits per heavy atom. The standard InChI is InChI=1S/C13H24N2/c1-4-5-6-11-15(3)13-9-7-12(14-2)8-10-13/h12-14H,6-11H2,1-3H3. The summed E-state index contributed by atoms with van der Waals surface area (Å²) in [7, 11) is 4.31. The number of hydrogen-bond acceptors (Lipinski definition) is 2. The molecule has 0 spiro atoms. The van der Waals surface area contributed by atoms with E-state index < -0.39 is 0 Å². The van der Waals surface area contributed by atoms with Crippen LogP contribution in [0.25, 0.3) is 0 Å². The van der Waals surface area contributed by atoms with Gasteiger partial charge < -0.3 is 10.2 Å². The van der Waals surface area contributed by atoms with Gasteiger partial charge in [-0.05, 0) is 46.7 Å². The number of rotatable bonds is 4. The molecular formula is C13H24N2. The molecule has 0 bridgehead atoms. The first kappa shape index (κ1) is 12.5. The van der Waals surface area contributed by atoms with Gasteiger partial charge in [0.1, 0.15) is 0 Å². The zero-order valence-corrected chi connectivity index (χ0v) is 10.3. The molecular weight excluding hydrogens is 184 g/mol. The average Bonchev–Trinajstić information content (AvgIpc) is 2.29. The minimum Gasteiger partial charge on any atom is -0.317 e. The molecule has 1 aliphatic rings. The Balaban J connectivity index is 2.22. The molecule has 0 aromatic carbocycles. The fourth-order valence-electron chi connectivity index (χ4n) is 2.35. The van der Waals surface area contributed by atoms with Crippen molar-refractivity contribution in [3.63, 3.8) is 0 Å². The minimum absolute atomic E-state index is 0.755. The zero-order valence-electron chi connectivity index (χ0n) is 10.3. The van der Waals surface area contributed by atoms with Crippen molar-refractivity contribution in [1.82, 2.24) is 10.2 Å². The van der Waals surface area contributed by atoms with Crippen LogP contribution in [-0.4, -0.2) is 37.6 Å². The van der Waals surface area contributed by atoms with Crippen LogP contribution in [0, 0.1) is 11.8 Å². The summed E-state index contributed by atoms with van der Waals surface area (Å²) in [5, 5.41) is 3.37. The lowest BCUT2D eigenvalue weighted by atomic mass is 9.90. The SMILES string of the molecule is CC#CCCN(C)C1CCC(NC)CC1. The zero-order chi connectivity index (χ0) is 11.1. The van der Waals surface area contributed by atoms with Gasteiger partial charge in [0.15, 0.2) is 0 Å². The smallest absolute Gasteiger partial charge is 0.0216 e. The molecule has 1 N–H and O–H groups in total. The molecule has 1 aliphatic carbocycles. The van der Waals surface area contributed by atoms with Crippen molar-refractivity contribution in [2.24, 2.45) is 0 Å². The van der Waals surface area contributed by atoms with E-state index in [0.29, 0.717) is 0 Å². The van der Waals surface area contributed by atoms with E-state index in [1.54, 1.807) is 0 Å². The summed E-state index contributed by atoms with van der Waals surface area (Å²) in [6.07, 6.45) is 6.33. The van der Waals surface area contributed by atoms with E-state index in [-0.39, 0.29) is 0 Å². The van der Waals surface area contributed by atoms with Crippen LogP contribution in [-0.2, 0) is 0 Å². The highest BCUT2D eigenvalue weighted by atomic mass is 15.1. The van der Waals surface area contributed by atoms with Crippen LogP contribution < -0.4 is 5.32 Å². The Hall–Kier alpha value is -0.520. The lowest BCUT2D eigenvalue weighted by Gasteiger charge is -2.34. The van der Waals surface area contributed by atoms with Crippen molar-refractivity contribution in [3.8, 4) is 11.8 Å². The summed E-state index contributed by atoms with van der Waals surface area (Å²) in [5.41, 5.74) is 0. The van der Waals surface area contributed by atoms with E-state index in [1.807, 2.05) is 6.92 Å². The van der Waals surface area contributed by atoms with E-state index in [4.69, 9.17) is 0 Å². The monoisotopic (exact) mass is 208 g/mol. The van der Waals surface area contributed by atoms with Crippen molar-refractivity contribution < 1.29 is 0 Å². The molecule has 15 heavy (non-hydrogen) atoms. The Bertz CT molecular complexity index is 218. The molecule has 0 radical (unpaired) electrons. The minimum atomic E-state index is 0.755. The van der Waals surface area contributed by atoms with Gasteiger partial charge in [-0.3, -0.25) is 0 Å². The van der Waals surface area contributed by atoms with Crippen molar-refractivity contribution in [3.05, 3.63) is 0 Å². The van der Waals surface area contributed by atoms with Crippen LogP contribution in [0.1, 0.15) is 39.0 Å². The second kappa shape index (κ2) is 6.87. The van der Waals surface area contributed by atoms with Crippen molar-refractivity contribution in [2.75, 3.05) is 20.6 Å². The number of nitrogens with zero attached hydrogens (tertiary/aromatic N) is 1. The van der Waals surface area contributed by atoms with E-state index in [9.17, 15) is 0 Å². The summed E-state index contributed by atoms with van der Waals surface area (Å²) >= 11 is 0. The van der Waals surface area contributed by atoms with Crippen LogP contribution in [0.15, 0.2) is 0 Å². The van der Waals surface area contributed by atoms with Gasteiger partial charge in [-0.2, -0.15) is 0 Å². The van der Waals surface area contributed by atoms with Crippen molar-refractivity contribution in [2.45, 2.75) is 51.1 Å². The maximum Gasteiger partial charge on any atom is 0.0216 e. The van der Waals surface area contributed by atoms with Gasteiger partial charge in [0, 0.05) is 25.0 Å². The van der Waals surface area contributed by atoms with Gasteiger partial charge in [0.25, 0.3) is 0 Å². The van der Waals surface area contributed by atoms with E-state index in [0.717, 1.165) is 25.0 Å². The molecule has 86 valence electrons. The quantitative estimate of drug-likeness (QED) is 0.710. The van der Waals surface area contributed by atoms with Gasteiger partial charge in [0.2, 0.25) is 0 Å². The second-order valence-electron chi connectivity index (χ2n) is 4.45. The number of nitrogens with one attached hydrogen (secondary N) is 1. The summed E-state index contributed by atoms with van der Waals surface area (Å²) in [4.78, 5) is 2.48. The lowest BCUT2D eigenvalue weighted by Crippen LogP contribution is -2.40. The normalized spacial score (nSPS) is 26.1. The van der Waals surface area contributed by atoms with Gasteiger partial charge >= 0.3 is 0 Å². The van der Waals surface area contributed by atoms with Crippen molar-refractivity contribution >= 4 is 0 Å². The molecule has 0 amide bonds. The van der Waals surface area contributed by atoms with E-state index in [1.165, 1.54) is 25.7 Å². The highest BCUT2D eigenvalue weighted by Crippen LogP contribution is 2.22. The Kier molecular flexibility index (Phi) is 5.75. The van der Waals surface area contributed by atoms with Gasteiger partial charge in [-0.15, -0.1) is 11.8 Å².